The van der Waals surface area contributed by atoms with Crippen molar-refractivity contribution < 1.29 is 4.79 Å². The first-order chi connectivity index (χ1) is 13.6. The van der Waals surface area contributed by atoms with Crippen LogP contribution in [0.25, 0.3) is 10.9 Å². The minimum atomic E-state index is -0.122. The van der Waals surface area contributed by atoms with Crippen LogP contribution in [0.1, 0.15) is 31.7 Å². The van der Waals surface area contributed by atoms with E-state index in [-0.39, 0.29) is 23.3 Å². The number of carbonyl (C=O) groups excluding carboxylic acids is 1. The van der Waals surface area contributed by atoms with Gasteiger partial charge in [0.25, 0.3) is 5.56 Å². The molecule has 0 spiro atoms. The Hall–Kier alpha value is -2.12. The third-order valence-corrected chi connectivity index (χ3v) is 6.35. The van der Waals surface area contributed by atoms with Gasteiger partial charge in [0.2, 0.25) is 5.91 Å². The van der Waals surface area contributed by atoms with Crippen molar-refractivity contribution in [3.05, 3.63) is 63.4 Å². The molecule has 0 aliphatic heterocycles. The molecule has 28 heavy (non-hydrogen) atoms. The van der Waals surface area contributed by atoms with Gasteiger partial charge in [-0.15, -0.1) is 0 Å². The highest BCUT2D eigenvalue weighted by molar-refractivity contribution is 9.10. The van der Waals surface area contributed by atoms with E-state index in [0.29, 0.717) is 16.1 Å². The van der Waals surface area contributed by atoms with Gasteiger partial charge >= 0.3 is 0 Å². The van der Waals surface area contributed by atoms with Crippen LogP contribution in [0.2, 0.25) is 0 Å². The highest BCUT2D eigenvalue weighted by Gasteiger charge is 2.23. The number of halogens is 1. The topological polar surface area (TPSA) is 64.0 Å². The lowest BCUT2D eigenvalue weighted by molar-refractivity contribution is -0.113. The summed E-state index contributed by atoms with van der Waals surface area (Å²) in [5.74, 6) is 0.0766. The number of carbonyl (C=O) groups is 1. The predicted octanol–water partition coefficient (Wildman–Crippen LogP) is 5.00. The summed E-state index contributed by atoms with van der Waals surface area (Å²) in [6, 6.07) is 15.1. The van der Waals surface area contributed by atoms with Gasteiger partial charge in [-0.05, 0) is 43.2 Å². The number of amides is 1. The average Bonchev–Trinajstić information content (AvgIpc) is 3.21. The summed E-state index contributed by atoms with van der Waals surface area (Å²) in [6.07, 6.45) is 4.21. The number of rotatable bonds is 5. The minimum absolute atomic E-state index is 0.00704. The molecular formula is C21H20BrN3O2S. The molecular weight excluding hydrogens is 438 g/mol. The zero-order valence-electron chi connectivity index (χ0n) is 15.2. The Morgan fingerprint density at radius 1 is 1.18 bits per heavy atom. The molecule has 0 radical (unpaired) electrons. The van der Waals surface area contributed by atoms with Crippen LogP contribution in [0.15, 0.2) is 63.0 Å². The van der Waals surface area contributed by atoms with Gasteiger partial charge < -0.3 is 5.32 Å². The Balaban J connectivity index is 1.59. The van der Waals surface area contributed by atoms with Gasteiger partial charge in [-0.2, -0.15) is 0 Å². The lowest BCUT2D eigenvalue weighted by Gasteiger charge is -2.18. The van der Waals surface area contributed by atoms with Gasteiger partial charge in [-0.1, -0.05) is 58.7 Å². The van der Waals surface area contributed by atoms with Crippen molar-refractivity contribution >= 4 is 50.2 Å². The van der Waals surface area contributed by atoms with E-state index >= 15 is 0 Å². The fraction of sp³-hybridized carbons (Fsp3) is 0.286. The molecule has 1 fully saturated rings. The van der Waals surface area contributed by atoms with Crippen LogP contribution in [-0.2, 0) is 4.79 Å². The molecule has 1 amide bonds. The van der Waals surface area contributed by atoms with Crippen LogP contribution in [0.3, 0.4) is 0 Å². The molecule has 3 aromatic rings. The number of aromatic nitrogens is 2. The van der Waals surface area contributed by atoms with Crippen LogP contribution >= 0.6 is 27.7 Å². The summed E-state index contributed by atoms with van der Waals surface area (Å²) >= 11 is 4.72. The van der Waals surface area contributed by atoms with E-state index in [1.165, 1.54) is 11.8 Å². The lowest BCUT2D eigenvalue weighted by atomic mass is 10.2. The number of hydrogen-bond acceptors (Lipinski definition) is 4. The second-order valence-corrected chi connectivity index (χ2v) is 8.73. The summed E-state index contributed by atoms with van der Waals surface area (Å²) in [5, 5.41) is 4.15. The summed E-state index contributed by atoms with van der Waals surface area (Å²) in [5.41, 5.74) is 1.41. The maximum Gasteiger partial charge on any atom is 0.262 e. The van der Waals surface area contributed by atoms with Gasteiger partial charge in [0, 0.05) is 16.2 Å². The Morgan fingerprint density at radius 2 is 1.96 bits per heavy atom. The van der Waals surface area contributed by atoms with Crippen molar-refractivity contribution in [3.63, 3.8) is 0 Å². The summed E-state index contributed by atoms with van der Waals surface area (Å²) < 4.78 is 2.72. The number of benzene rings is 2. The van der Waals surface area contributed by atoms with Crippen molar-refractivity contribution in [1.29, 1.82) is 0 Å². The molecule has 1 aliphatic rings. The number of nitrogens with one attached hydrogen (secondary N) is 1. The molecule has 1 aliphatic carbocycles. The number of thioether (sulfide) groups is 1. The van der Waals surface area contributed by atoms with E-state index in [1.807, 2.05) is 53.1 Å². The lowest BCUT2D eigenvalue weighted by Crippen LogP contribution is -2.27. The van der Waals surface area contributed by atoms with Gasteiger partial charge in [0.1, 0.15) is 0 Å². The maximum absolute atomic E-state index is 13.1. The molecule has 0 bridgehead atoms. The molecule has 0 atom stereocenters. The number of fused-ring (bicyclic) bond motifs is 1. The van der Waals surface area contributed by atoms with Crippen molar-refractivity contribution in [2.24, 2.45) is 0 Å². The Labute approximate surface area is 175 Å². The Bertz CT molecular complexity index is 1080. The standard InChI is InChI=1S/C21H20BrN3O2S/c22-14-6-5-7-15(12-14)23-19(26)13-28-21-24-18-11-4-3-10-17(18)20(27)25(21)16-8-1-2-9-16/h3-7,10-12,16H,1-2,8-9,13H2,(H,23,26). The van der Waals surface area contributed by atoms with Crippen molar-refractivity contribution in [1.82, 2.24) is 9.55 Å². The van der Waals surface area contributed by atoms with Crippen molar-refractivity contribution in [2.75, 3.05) is 11.1 Å². The molecule has 0 saturated heterocycles. The quantitative estimate of drug-likeness (QED) is 0.432. The maximum atomic E-state index is 13.1. The van der Waals surface area contributed by atoms with Crippen molar-refractivity contribution in [2.45, 2.75) is 36.9 Å². The highest BCUT2D eigenvalue weighted by Crippen LogP contribution is 2.32. The van der Waals surface area contributed by atoms with Crippen LogP contribution in [0.4, 0.5) is 5.69 Å². The molecule has 0 unspecified atom stereocenters. The second-order valence-electron chi connectivity index (χ2n) is 6.87. The SMILES string of the molecule is O=C(CSc1nc2ccccc2c(=O)n1C1CCCC1)Nc1cccc(Br)c1. The van der Waals surface area contributed by atoms with Crippen molar-refractivity contribution in [3.8, 4) is 0 Å². The van der Waals surface area contributed by atoms with E-state index in [2.05, 4.69) is 21.2 Å². The third kappa shape index (κ3) is 4.15. The number of hydrogen-bond donors (Lipinski definition) is 1. The molecule has 7 heteroatoms. The molecule has 2 aromatic carbocycles. The van der Waals surface area contributed by atoms with E-state index in [1.54, 1.807) is 0 Å². The zero-order chi connectivity index (χ0) is 19.5. The van der Waals surface area contributed by atoms with Gasteiger partial charge in [-0.3, -0.25) is 14.2 Å². The molecule has 4 rings (SSSR count). The molecule has 1 heterocycles. The van der Waals surface area contributed by atoms with Gasteiger partial charge in [0.05, 0.1) is 16.7 Å². The summed E-state index contributed by atoms with van der Waals surface area (Å²) in [7, 11) is 0. The summed E-state index contributed by atoms with van der Waals surface area (Å²) in [6.45, 7) is 0. The van der Waals surface area contributed by atoms with E-state index < -0.39 is 0 Å². The van der Waals surface area contributed by atoms with Gasteiger partial charge in [0.15, 0.2) is 5.16 Å². The first-order valence-corrected chi connectivity index (χ1v) is 11.1. The third-order valence-electron chi connectivity index (χ3n) is 4.91. The van der Waals surface area contributed by atoms with E-state index in [4.69, 9.17) is 4.98 Å². The number of nitrogens with zero attached hydrogens (tertiary/aromatic N) is 2. The number of para-hydroxylation sites is 1. The fourth-order valence-corrected chi connectivity index (χ4v) is 4.87. The Kier molecular flexibility index (Phi) is 5.82. The Morgan fingerprint density at radius 3 is 2.75 bits per heavy atom. The highest BCUT2D eigenvalue weighted by atomic mass is 79.9. The largest absolute Gasteiger partial charge is 0.325 e. The second kappa shape index (κ2) is 8.49. The molecule has 144 valence electrons. The minimum Gasteiger partial charge on any atom is -0.325 e. The monoisotopic (exact) mass is 457 g/mol. The fourth-order valence-electron chi connectivity index (χ4n) is 3.61. The van der Waals surface area contributed by atoms with E-state index in [0.717, 1.165) is 35.8 Å². The predicted molar refractivity (Wildman–Crippen MR) is 117 cm³/mol. The van der Waals surface area contributed by atoms with Gasteiger partial charge in [-0.25, -0.2) is 4.98 Å². The molecule has 1 saturated carbocycles. The first-order valence-electron chi connectivity index (χ1n) is 9.31. The van der Waals surface area contributed by atoms with Crippen LogP contribution < -0.4 is 10.9 Å². The zero-order valence-corrected chi connectivity index (χ0v) is 17.6. The first kappa shape index (κ1) is 19.2. The molecule has 1 N–H and O–H groups in total. The normalized spacial score (nSPS) is 14.5. The number of anilines is 1. The van der Waals surface area contributed by atoms with Crippen LogP contribution in [0.5, 0.6) is 0 Å². The smallest absolute Gasteiger partial charge is 0.262 e. The van der Waals surface area contributed by atoms with E-state index in [9.17, 15) is 9.59 Å². The van der Waals surface area contributed by atoms with Crippen LogP contribution in [-0.4, -0.2) is 21.2 Å². The van der Waals surface area contributed by atoms with Crippen LogP contribution in [0, 0.1) is 0 Å². The summed E-state index contributed by atoms with van der Waals surface area (Å²) in [4.78, 5) is 30.2. The molecule has 1 aromatic heterocycles. The molecule has 5 nitrogen and oxygen atoms in total. The average molecular weight is 458 g/mol.